The van der Waals surface area contributed by atoms with Gasteiger partial charge < -0.3 is 50.6 Å². The largest absolute Gasteiger partial charge is 0.491 e. The number of β-amino-alcohol motifs (C(OH)–C–C–N with tert-alkyl or cyclic N) is 1. The van der Waals surface area contributed by atoms with Gasteiger partial charge in [0.2, 0.25) is 29.5 Å². The molecule has 4 heterocycles. The number of anilines is 1. The number of halogens is 1. The predicted molar refractivity (Wildman–Crippen MR) is 296 cm³/mol. The molecule has 79 heavy (non-hydrogen) atoms. The molecule has 2 fully saturated rings. The lowest BCUT2D eigenvalue weighted by Gasteiger charge is -2.35. The average Bonchev–Trinajstić information content (AvgIpc) is 3.68. The van der Waals surface area contributed by atoms with Crippen molar-refractivity contribution >= 4 is 52.5 Å². The summed E-state index contributed by atoms with van der Waals surface area (Å²) in [7, 11) is 0. The summed E-state index contributed by atoms with van der Waals surface area (Å²) < 4.78 is 38.9. The van der Waals surface area contributed by atoms with Gasteiger partial charge in [-0.25, -0.2) is 9.37 Å². The van der Waals surface area contributed by atoms with E-state index in [0.29, 0.717) is 57.0 Å². The van der Waals surface area contributed by atoms with Gasteiger partial charge in [0.05, 0.1) is 66.4 Å². The van der Waals surface area contributed by atoms with Crippen molar-refractivity contribution in [2.75, 3.05) is 44.5 Å². The Bertz CT molecular complexity index is 2820. The van der Waals surface area contributed by atoms with E-state index in [-0.39, 0.29) is 63.8 Å². The molecule has 4 aliphatic rings. The molecule has 6 amide bonds. The Morgan fingerprint density at radius 1 is 0.924 bits per heavy atom. The predicted octanol–water partition coefficient (Wildman–Crippen LogP) is 5.72. The molecule has 0 bridgehead atoms. The second-order valence-corrected chi connectivity index (χ2v) is 23.2. The SMILES string of the molecule is Cc1ncsc1-c1ccc(CNC(=O)[C@@H]2C[C@@H](O)CN2C(=O)[C@@H](NC(=O)C2(F)CC2)C(C)(C)C)c(OCCOCCOCCCc2ccc(CO[C@H](C)[C@H](CCC(N)=O)NC(=O)[C@@H]3Cc4cccc5c4N3C(=O)CCC5)cc2)c1. The molecule has 0 spiro atoms. The number of thiazole rings is 1. The van der Waals surface area contributed by atoms with Gasteiger partial charge in [-0.3, -0.25) is 33.7 Å². The Labute approximate surface area is 465 Å². The zero-order valence-corrected chi connectivity index (χ0v) is 46.8. The van der Waals surface area contributed by atoms with Crippen LogP contribution in [0.2, 0.25) is 0 Å². The number of para-hydroxylation sites is 1. The van der Waals surface area contributed by atoms with Crippen LogP contribution in [-0.2, 0) is 75.4 Å². The number of primary amides is 1. The number of aryl methyl sites for hydroxylation is 3. The molecule has 0 unspecified atom stereocenters. The summed E-state index contributed by atoms with van der Waals surface area (Å²) in [6.45, 7) is 11.1. The van der Waals surface area contributed by atoms with E-state index in [1.54, 1.807) is 31.2 Å². The van der Waals surface area contributed by atoms with Gasteiger partial charge in [0.1, 0.15) is 30.5 Å². The summed E-state index contributed by atoms with van der Waals surface area (Å²) in [5, 5.41) is 19.3. The lowest BCUT2D eigenvalue weighted by atomic mass is 9.85. The lowest BCUT2D eigenvalue weighted by molar-refractivity contribution is -0.145. The third-order valence-corrected chi connectivity index (χ3v) is 16.2. The second kappa shape index (κ2) is 26.3. The highest BCUT2D eigenvalue weighted by atomic mass is 32.1. The number of aromatic nitrogens is 1. The minimum Gasteiger partial charge on any atom is -0.491 e. The number of hydrogen-bond acceptors (Lipinski definition) is 13. The number of hydrogen-bond donors (Lipinski definition) is 5. The van der Waals surface area contributed by atoms with Gasteiger partial charge in [-0.1, -0.05) is 75.4 Å². The number of carbonyl (C=O) groups excluding carboxylic acids is 6. The van der Waals surface area contributed by atoms with Crippen LogP contribution in [0.4, 0.5) is 10.1 Å². The van der Waals surface area contributed by atoms with Crippen LogP contribution in [0, 0.1) is 12.3 Å². The van der Waals surface area contributed by atoms with E-state index in [9.17, 15) is 38.3 Å². The van der Waals surface area contributed by atoms with E-state index in [0.717, 1.165) is 69.8 Å². The van der Waals surface area contributed by atoms with Gasteiger partial charge in [0.15, 0.2) is 5.67 Å². The summed E-state index contributed by atoms with van der Waals surface area (Å²) in [6, 6.07) is 16.5. The maximum Gasteiger partial charge on any atom is 0.258 e. The van der Waals surface area contributed by atoms with Crippen molar-refractivity contribution in [2.45, 2.75) is 160 Å². The number of aliphatic hydroxyl groups is 1. The van der Waals surface area contributed by atoms with Gasteiger partial charge in [0.25, 0.3) is 5.91 Å². The number of benzene rings is 3. The fourth-order valence-electron chi connectivity index (χ4n) is 10.5. The van der Waals surface area contributed by atoms with E-state index < -0.39 is 71.1 Å². The van der Waals surface area contributed by atoms with Gasteiger partial charge >= 0.3 is 0 Å². The first-order chi connectivity index (χ1) is 37.8. The zero-order valence-electron chi connectivity index (χ0n) is 46.0. The minimum absolute atomic E-state index is 0.00811. The van der Waals surface area contributed by atoms with Gasteiger partial charge in [-0.05, 0) is 98.1 Å². The van der Waals surface area contributed by atoms with Crippen LogP contribution in [0.3, 0.4) is 0 Å². The number of carbonyl (C=O) groups is 6. The molecule has 18 nitrogen and oxygen atoms in total. The number of alkyl halides is 1. The smallest absolute Gasteiger partial charge is 0.258 e. The fourth-order valence-corrected chi connectivity index (χ4v) is 11.3. The monoisotopic (exact) mass is 1110 g/mol. The molecule has 6 N–H and O–H groups in total. The molecule has 1 saturated heterocycles. The second-order valence-electron chi connectivity index (χ2n) is 22.3. The fraction of sp³-hybridized carbons (Fsp3) is 0.542. The molecule has 20 heteroatoms. The molecule has 1 aliphatic carbocycles. The Morgan fingerprint density at radius 3 is 2.35 bits per heavy atom. The van der Waals surface area contributed by atoms with Gasteiger partial charge in [0, 0.05) is 50.9 Å². The average molecular weight is 1110 g/mol. The van der Waals surface area contributed by atoms with E-state index in [1.165, 1.54) is 16.2 Å². The summed E-state index contributed by atoms with van der Waals surface area (Å²) in [6.07, 6.45) is 3.14. The first-order valence-corrected chi connectivity index (χ1v) is 28.5. The Hall–Kier alpha value is -6.32. The van der Waals surface area contributed by atoms with Crippen LogP contribution in [0.25, 0.3) is 10.4 Å². The number of nitrogens with two attached hydrogens (primary N) is 1. The standard InChI is InChI=1S/C59H76FN7O11S/c1-36-52(79-35-63-36)42-18-19-43(32-62-54(71)46-31-44(68)33-66(46)56(73)53(58(3,4)5)65-57(74)59(60)22-23-59)48(30-42)77-28-27-76-26-25-75-24-8-9-38-14-16-39(17-15-38)34-78-37(2)45(20-21-49(61)69)64-55(72)47-29-41-12-6-10-40-11-7-13-50(70)67(47)51(40)41/h6,10,12,14-19,30,35,37,44-47,53,68H,7-9,11,13,20-29,31-34H2,1-5H3,(H2,61,69)(H,62,71)(H,64,72)(H,65,74)/t37-,44-,45+,46+,47+,53-/m1/s1. The molecule has 3 aliphatic heterocycles. The molecule has 1 aromatic heterocycles. The van der Waals surface area contributed by atoms with Crippen LogP contribution in [-0.4, -0.2) is 132 Å². The normalized spacial score (nSPS) is 19.5. The number of nitrogens with one attached hydrogen (secondary N) is 3. The van der Waals surface area contributed by atoms with E-state index >= 15 is 0 Å². The summed E-state index contributed by atoms with van der Waals surface area (Å²) >= 11 is 1.50. The van der Waals surface area contributed by atoms with Crippen molar-refractivity contribution in [3.05, 3.63) is 99.7 Å². The molecule has 0 radical (unpaired) electrons. The summed E-state index contributed by atoms with van der Waals surface area (Å²) in [4.78, 5) is 87.7. The highest BCUT2D eigenvalue weighted by molar-refractivity contribution is 7.13. The van der Waals surface area contributed by atoms with Crippen LogP contribution in [0.1, 0.15) is 113 Å². The van der Waals surface area contributed by atoms with Crippen molar-refractivity contribution < 1.29 is 57.2 Å². The topological polar surface area (TPSA) is 241 Å². The van der Waals surface area contributed by atoms with Crippen LogP contribution in [0.15, 0.2) is 66.2 Å². The minimum atomic E-state index is -1.98. The molecule has 1 saturated carbocycles. The summed E-state index contributed by atoms with van der Waals surface area (Å²) in [5.74, 6) is -2.14. The Kier molecular flexibility index (Phi) is 19.6. The Balaban J connectivity index is 0.748. The number of amides is 6. The van der Waals surface area contributed by atoms with E-state index in [2.05, 4.69) is 33.1 Å². The molecule has 426 valence electrons. The van der Waals surface area contributed by atoms with Gasteiger partial charge in [-0.15, -0.1) is 11.3 Å². The van der Waals surface area contributed by atoms with Crippen molar-refractivity contribution in [1.29, 1.82) is 0 Å². The maximum atomic E-state index is 14.7. The number of ether oxygens (including phenoxy) is 4. The highest BCUT2D eigenvalue weighted by Gasteiger charge is 2.53. The van der Waals surface area contributed by atoms with E-state index in [1.807, 2.05) is 62.4 Å². The van der Waals surface area contributed by atoms with Gasteiger partial charge in [-0.2, -0.15) is 0 Å². The first-order valence-electron chi connectivity index (χ1n) is 27.6. The van der Waals surface area contributed by atoms with Crippen LogP contribution >= 0.6 is 11.3 Å². The van der Waals surface area contributed by atoms with Crippen molar-refractivity contribution in [3.63, 3.8) is 0 Å². The maximum absolute atomic E-state index is 14.7. The summed E-state index contributed by atoms with van der Waals surface area (Å²) in [5.41, 5.74) is 12.0. The van der Waals surface area contributed by atoms with Crippen LogP contribution < -0.4 is 31.3 Å². The number of aliphatic hydroxyl groups excluding tert-OH is 1. The Morgan fingerprint density at radius 2 is 1.65 bits per heavy atom. The van der Waals surface area contributed by atoms with Crippen LogP contribution in [0.5, 0.6) is 5.75 Å². The molecule has 3 aromatic carbocycles. The number of nitrogens with zero attached hydrogens (tertiary/aromatic N) is 3. The van der Waals surface area contributed by atoms with Crippen molar-refractivity contribution in [1.82, 2.24) is 25.8 Å². The molecule has 6 atom stereocenters. The third kappa shape index (κ3) is 15.1. The quantitative estimate of drug-likeness (QED) is 0.0451. The zero-order chi connectivity index (χ0) is 56.4. The molecular formula is C59H76FN7O11S. The highest BCUT2D eigenvalue weighted by Crippen LogP contribution is 2.41. The molecular weight excluding hydrogens is 1030 g/mol. The lowest BCUT2D eigenvalue weighted by Crippen LogP contribution is -2.59. The molecule has 8 rings (SSSR count). The first kappa shape index (κ1) is 58.8. The third-order valence-electron chi connectivity index (χ3n) is 15.2. The number of rotatable bonds is 27. The van der Waals surface area contributed by atoms with E-state index in [4.69, 9.17) is 24.7 Å². The number of likely N-dealkylation sites (tertiary alicyclic amines) is 1. The van der Waals surface area contributed by atoms with Crippen molar-refractivity contribution in [2.24, 2.45) is 11.1 Å². The molecule has 4 aromatic rings. The van der Waals surface area contributed by atoms with Crippen molar-refractivity contribution in [3.8, 4) is 16.2 Å².